The van der Waals surface area contributed by atoms with Crippen LogP contribution in [-0.2, 0) is 13.8 Å². The Labute approximate surface area is 156 Å². The van der Waals surface area contributed by atoms with E-state index in [2.05, 4.69) is 31.4 Å². The van der Waals surface area contributed by atoms with Gasteiger partial charge in [0, 0.05) is 11.5 Å². The van der Waals surface area contributed by atoms with E-state index < -0.39 is 11.9 Å². The zero-order valence-electron chi connectivity index (χ0n) is 13.6. The number of aromatic nitrogens is 4. The van der Waals surface area contributed by atoms with Gasteiger partial charge in [-0.25, -0.2) is 9.48 Å². The molecule has 0 bridgehead atoms. The van der Waals surface area contributed by atoms with Crippen molar-refractivity contribution in [3.8, 4) is 5.75 Å². The number of carbonyl (C=O) groups is 2. The minimum atomic E-state index is -1.22. The summed E-state index contributed by atoms with van der Waals surface area (Å²) >= 11 is 3.35. The van der Waals surface area contributed by atoms with Gasteiger partial charge in [-0.3, -0.25) is 9.48 Å². The zero-order chi connectivity index (χ0) is 18.7. The van der Waals surface area contributed by atoms with Crippen LogP contribution in [0, 0.1) is 0 Å². The van der Waals surface area contributed by atoms with Gasteiger partial charge in [0.2, 0.25) is 0 Å². The predicted octanol–water partition coefficient (Wildman–Crippen LogP) is 2.37. The second kappa shape index (κ2) is 7.40. The first kappa shape index (κ1) is 17.7. The molecule has 0 aliphatic heterocycles. The molecule has 1 amide bonds. The second-order valence-corrected chi connectivity index (χ2v) is 6.20. The van der Waals surface area contributed by atoms with Gasteiger partial charge in [-0.05, 0) is 24.3 Å². The van der Waals surface area contributed by atoms with Gasteiger partial charge in [0.05, 0.1) is 24.3 Å². The number of anilines is 1. The third-order valence-electron chi connectivity index (χ3n) is 3.45. The fraction of sp³-hybridized carbons (Fsp3) is 0.125. The summed E-state index contributed by atoms with van der Waals surface area (Å²) in [5, 5.41) is 19.6. The summed E-state index contributed by atoms with van der Waals surface area (Å²) < 4.78 is 9.24. The molecule has 2 N–H and O–H groups in total. The molecule has 2 aromatic heterocycles. The maximum absolute atomic E-state index is 12.3. The molecule has 0 aliphatic carbocycles. The molecule has 0 atom stereocenters. The highest BCUT2D eigenvalue weighted by Crippen LogP contribution is 2.17. The molecule has 3 aromatic rings. The lowest BCUT2D eigenvalue weighted by atomic mass is 10.2. The van der Waals surface area contributed by atoms with Gasteiger partial charge >= 0.3 is 5.97 Å². The van der Waals surface area contributed by atoms with Gasteiger partial charge < -0.3 is 15.2 Å². The average molecular weight is 420 g/mol. The molecule has 0 aliphatic rings. The molecule has 0 fully saturated rings. The Hall–Kier alpha value is -3.14. The lowest BCUT2D eigenvalue weighted by Gasteiger charge is -2.06. The third kappa shape index (κ3) is 3.91. The van der Waals surface area contributed by atoms with Crippen molar-refractivity contribution in [2.45, 2.75) is 6.73 Å². The summed E-state index contributed by atoms with van der Waals surface area (Å²) in [6.45, 7) is 0.156. The number of carbonyl (C=O) groups excluding carboxylic acids is 1. The van der Waals surface area contributed by atoms with E-state index in [0.717, 1.165) is 10.7 Å². The Morgan fingerprint density at radius 1 is 1.23 bits per heavy atom. The van der Waals surface area contributed by atoms with E-state index in [1.807, 2.05) is 24.3 Å². The Bertz CT molecular complexity index is 948. The van der Waals surface area contributed by atoms with E-state index in [-0.39, 0.29) is 18.0 Å². The molecule has 134 valence electrons. The van der Waals surface area contributed by atoms with Crippen LogP contribution in [0.15, 0.2) is 47.3 Å². The van der Waals surface area contributed by atoms with Crippen LogP contribution < -0.4 is 10.1 Å². The summed E-state index contributed by atoms with van der Waals surface area (Å²) in [5.41, 5.74) is 0.194. The van der Waals surface area contributed by atoms with Crippen molar-refractivity contribution in [2.24, 2.45) is 7.05 Å². The highest BCUT2D eigenvalue weighted by Gasteiger charge is 2.22. The van der Waals surface area contributed by atoms with E-state index >= 15 is 0 Å². The van der Waals surface area contributed by atoms with Crippen LogP contribution in [0.4, 0.5) is 5.69 Å². The summed E-state index contributed by atoms with van der Waals surface area (Å²) in [4.78, 5) is 23.5. The lowest BCUT2D eigenvalue weighted by molar-refractivity contribution is 0.0692. The highest BCUT2D eigenvalue weighted by molar-refractivity contribution is 9.10. The van der Waals surface area contributed by atoms with Crippen LogP contribution in [0.5, 0.6) is 5.75 Å². The number of nitrogens with one attached hydrogen (secondary N) is 1. The number of carboxylic acids is 1. The van der Waals surface area contributed by atoms with Crippen molar-refractivity contribution >= 4 is 33.5 Å². The van der Waals surface area contributed by atoms with Gasteiger partial charge in [-0.2, -0.15) is 10.2 Å². The molecule has 26 heavy (non-hydrogen) atoms. The standard InChI is InChI=1S/C16H14BrN5O4/c1-21-14(13(7-18-21)16(24)25)15(23)20-11-6-19-22(8-11)9-26-12-4-2-10(17)3-5-12/h2-8H,9H2,1H3,(H,20,23)(H,24,25). The minimum Gasteiger partial charge on any atom is -0.478 e. The van der Waals surface area contributed by atoms with Crippen molar-refractivity contribution in [3.05, 3.63) is 58.6 Å². The SMILES string of the molecule is Cn1ncc(C(=O)O)c1C(=O)Nc1cnn(COc2ccc(Br)cc2)c1. The molecule has 2 heterocycles. The van der Waals surface area contributed by atoms with Crippen LogP contribution in [-0.4, -0.2) is 36.5 Å². The summed E-state index contributed by atoms with van der Waals surface area (Å²) in [7, 11) is 1.50. The fourth-order valence-corrected chi connectivity index (χ4v) is 2.49. The highest BCUT2D eigenvalue weighted by atomic mass is 79.9. The molecule has 0 radical (unpaired) electrons. The minimum absolute atomic E-state index is 0.0450. The van der Waals surface area contributed by atoms with Crippen LogP contribution in [0.2, 0.25) is 0 Å². The molecule has 0 saturated heterocycles. The van der Waals surface area contributed by atoms with Crippen molar-refractivity contribution in [3.63, 3.8) is 0 Å². The van der Waals surface area contributed by atoms with Gasteiger partial charge in [-0.15, -0.1) is 0 Å². The number of halogens is 1. The maximum Gasteiger partial charge on any atom is 0.339 e. The molecule has 0 unspecified atom stereocenters. The van der Waals surface area contributed by atoms with Gasteiger partial charge in [-0.1, -0.05) is 15.9 Å². The van der Waals surface area contributed by atoms with Crippen LogP contribution in [0.25, 0.3) is 0 Å². The number of aryl methyl sites for hydroxylation is 1. The lowest BCUT2D eigenvalue weighted by Crippen LogP contribution is -2.19. The number of carboxylic acid groups (broad SMARTS) is 1. The van der Waals surface area contributed by atoms with Crippen LogP contribution >= 0.6 is 15.9 Å². The number of nitrogens with zero attached hydrogens (tertiary/aromatic N) is 4. The van der Waals surface area contributed by atoms with Gasteiger partial charge in [0.25, 0.3) is 5.91 Å². The zero-order valence-corrected chi connectivity index (χ0v) is 15.2. The Kier molecular flexibility index (Phi) is 5.03. The van der Waals surface area contributed by atoms with Gasteiger partial charge in [0.15, 0.2) is 6.73 Å². The smallest absolute Gasteiger partial charge is 0.339 e. The molecular weight excluding hydrogens is 406 g/mol. The maximum atomic E-state index is 12.3. The fourth-order valence-electron chi connectivity index (χ4n) is 2.22. The number of rotatable bonds is 6. The number of hydrogen-bond acceptors (Lipinski definition) is 5. The average Bonchev–Trinajstić information content (AvgIpc) is 3.20. The first-order chi connectivity index (χ1) is 12.4. The van der Waals surface area contributed by atoms with E-state index in [1.165, 1.54) is 22.6 Å². The number of aromatic carboxylic acids is 1. The van der Waals surface area contributed by atoms with E-state index in [0.29, 0.717) is 11.4 Å². The van der Waals surface area contributed by atoms with Gasteiger partial charge in [0.1, 0.15) is 17.0 Å². The van der Waals surface area contributed by atoms with Crippen molar-refractivity contribution in [1.29, 1.82) is 0 Å². The third-order valence-corrected chi connectivity index (χ3v) is 3.98. The molecule has 9 nitrogen and oxygen atoms in total. The Balaban J connectivity index is 1.65. The molecule has 0 spiro atoms. The van der Waals surface area contributed by atoms with Crippen molar-refractivity contribution in [2.75, 3.05) is 5.32 Å². The largest absolute Gasteiger partial charge is 0.478 e. The number of benzene rings is 1. The number of hydrogen-bond donors (Lipinski definition) is 2. The van der Waals surface area contributed by atoms with E-state index in [4.69, 9.17) is 9.84 Å². The number of amides is 1. The number of ether oxygens (including phenoxy) is 1. The summed E-state index contributed by atoms with van der Waals surface area (Å²) in [6.07, 6.45) is 4.15. The molecule has 1 aromatic carbocycles. The first-order valence-electron chi connectivity index (χ1n) is 7.41. The molecule has 10 heteroatoms. The van der Waals surface area contributed by atoms with Crippen molar-refractivity contribution < 1.29 is 19.4 Å². The van der Waals surface area contributed by atoms with Crippen molar-refractivity contribution in [1.82, 2.24) is 19.6 Å². The second-order valence-electron chi connectivity index (χ2n) is 5.29. The monoisotopic (exact) mass is 419 g/mol. The van der Waals surface area contributed by atoms with Crippen LogP contribution in [0.1, 0.15) is 20.8 Å². The normalized spacial score (nSPS) is 10.5. The predicted molar refractivity (Wildman–Crippen MR) is 95.1 cm³/mol. The summed E-state index contributed by atoms with van der Waals surface area (Å²) in [5.74, 6) is -1.13. The van der Waals surface area contributed by atoms with E-state index in [1.54, 1.807) is 6.20 Å². The summed E-state index contributed by atoms with van der Waals surface area (Å²) in [6, 6.07) is 7.34. The first-order valence-corrected chi connectivity index (χ1v) is 8.21. The Morgan fingerprint density at radius 2 is 1.96 bits per heavy atom. The quantitative estimate of drug-likeness (QED) is 0.634. The topological polar surface area (TPSA) is 111 Å². The molecule has 3 rings (SSSR count). The van der Waals surface area contributed by atoms with Crippen LogP contribution in [0.3, 0.4) is 0 Å². The van der Waals surface area contributed by atoms with E-state index in [9.17, 15) is 9.59 Å². The molecule has 0 saturated carbocycles. The Morgan fingerprint density at radius 3 is 2.65 bits per heavy atom. The molecular formula is C16H14BrN5O4.